The quantitative estimate of drug-likeness (QED) is 0.495. The van der Waals surface area contributed by atoms with E-state index < -0.39 is 0 Å². The first kappa shape index (κ1) is 9.25. The van der Waals surface area contributed by atoms with Crippen LogP contribution in [0.5, 0.6) is 0 Å². The van der Waals surface area contributed by atoms with E-state index in [4.69, 9.17) is 11.5 Å². The Hall–Kier alpha value is -1.84. The molecule has 4 N–H and O–H groups in total. The highest BCUT2D eigenvalue weighted by molar-refractivity contribution is 5.94. The molecule has 0 aliphatic carbocycles. The van der Waals surface area contributed by atoms with Crippen molar-refractivity contribution in [2.75, 3.05) is 0 Å². The van der Waals surface area contributed by atoms with Gasteiger partial charge >= 0.3 is 0 Å². The van der Waals surface area contributed by atoms with Gasteiger partial charge in [0.05, 0.1) is 11.5 Å². The first-order valence-corrected chi connectivity index (χ1v) is 3.88. The van der Waals surface area contributed by atoms with Crippen LogP contribution >= 0.6 is 0 Å². The van der Waals surface area contributed by atoms with Gasteiger partial charge in [0.25, 0.3) is 0 Å². The van der Waals surface area contributed by atoms with Gasteiger partial charge in [0.2, 0.25) is 5.96 Å². The van der Waals surface area contributed by atoms with Crippen molar-refractivity contribution in [3.8, 4) is 0 Å². The second-order valence-electron chi connectivity index (χ2n) is 2.56. The molecule has 0 fully saturated rings. The van der Waals surface area contributed by atoms with E-state index in [2.05, 4.69) is 9.98 Å². The lowest BCUT2D eigenvalue weighted by Gasteiger charge is -1.94. The second kappa shape index (κ2) is 4.25. The zero-order valence-corrected chi connectivity index (χ0v) is 7.44. The molecule has 0 aliphatic rings. The summed E-state index contributed by atoms with van der Waals surface area (Å²) in [6.07, 6.45) is 0. The molecule has 0 saturated carbocycles. The largest absolute Gasteiger partial charge is 0.387 e. The van der Waals surface area contributed by atoms with Crippen LogP contribution in [0.2, 0.25) is 0 Å². The van der Waals surface area contributed by atoms with Gasteiger partial charge in [-0.15, -0.1) is 0 Å². The van der Waals surface area contributed by atoms with Gasteiger partial charge in [0.15, 0.2) is 0 Å². The number of nitrogens with zero attached hydrogens (tertiary/aromatic N) is 2. The average molecular weight is 176 g/mol. The maximum atomic E-state index is 5.49. The molecule has 0 saturated heterocycles. The number of hydrogen-bond donors (Lipinski definition) is 2. The average Bonchev–Trinajstić information content (AvgIpc) is 2.04. The summed E-state index contributed by atoms with van der Waals surface area (Å²) >= 11 is 0. The van der Waals surface area contributed by atoms with Crippen molar-refractivity contribution >= 4 is 17.5 Å². The molecule has 4 nitrogen and oxygen atoms in total. The fourth-order valence-electron chi connectivity index (χ4n) is 0.840. The van der Waals surface area contributed by atoms with Crippen molar-refractivity contribution in [3.63, 3.8) is 0 Å². The fourth-order valence-corrected chi connectivity index (χ4v) is 0.840. The van der Waals surface area contributed by atoms with E-state index in [1.54, 1.807) is 6.92 Å². The van der Waals surface area contributed by atoms with Crippen molar-refractivity contribution < 1.29 is 0 Å². The molecule has 0 aromatic heterocycles. The number of benzene rings is 1. The Bertz CT molecular complexity index is 323. The molecule has 0 radical (unpaired) electrons. The summed E-state index contributed by atoms with van der Waals surface area (Å²) in [5.74, 6) is 0.573. The lowest BCUT2D eigenvalue weighted by molar-refractivity contribution is 1.39. The van der Waals surface area contributed by atoms with Crippen LogP contribution in [0.25, 0.3) is 0 Å². The molecule has 0 aliphatic heterocycles. The fraction of sp³-hybridized carbons (Fsp3) is 0.111. The maximum absolute atomic E-state index is 5.49. The number of guanidine groups is 1. The summed E-state index contributed by atoms with van der Waals surface area (Å²) in [7, 11) is 0. The van der Waals surface area contributed by atoms with Gasteiger partial charge in [-0.2, -0.15) is 0 Å². The minimum Gasteiger partial charge on any atom is -0.387 e. The standard InChI is InChI=1S/C9H12N4/c1-7(10)12-9(11)13-8-5-3-2-4-6-8/h2-6H,1H3,(H4,10,11,12,13). The van der Waals surface area contributed by atoms with E-state index in [9.17, 15) is 0 Å². The highest BCUT2D eigenvalue weighted by Gasteiger charge is 1.89. The van der Waals surface area contributed by atoms with Crippen molar-refractivity contribution in [2.24, 2.45) is 21.5 Å². The van der Waals surface area contributed by atoms with E-state index in [1.807, 2.05) is 30.3 Å². The Morgan fingerprint density at radius 2 is 1.77 bits per heavy atom. The predicted molar refractivity (Wildman–Crippen MR) is 55.0 cm³/mol. The predicted octanol–water partition coefficient (Wildman–Crippen LogP) is 1.01. The van der Waals surface area contributed by atoms with E-state index in [0.717, 1.165) is 5.69 Å². The summed E-state index contributed by atoms with van der Waals surface area (Å²) in [5.41, 5.74) is 11.6. The van der Waals surface area contributed by atoms with Crippen LogP contribution in [0.15, 0.2) is 40.3 Å². The van der Waals surface area contributed by atoms with Crippen molar-refractivity contribution in [3.05, 3.63) is 30.3 Å². The zero-order valence-electron chi connectivity index (χ0n) is 7.44. The Kier molecular flexibility index (Phi) is 3.03. The van der Waals surface area contributed by atoms with Crippen LogP contribution in [-0.4, -0.2) is 11.8 Å². The molecule has 4 heteroatoms. The maximum Gasteiger partial charge on any atom is 0.222 e. The molecule has 0 atom stereocenters. The Labute approximate surface area is 77.0 Å². The molecule has 13 heavy (non-hydrogen) atoms. The summed E-state index contributed by atoms with van der Waals surface area (Å²) in [4.78, 5) is 7.82. The summed E-state index contributed by atoms with van der Waals surface area (Å²) in [6.45, 7) is 1.66. The van der Waals surface area contributed by atoms with Gasteiger partial charge in [0.1, 0.15) is 0 Å². The number of para-hydroxylation sites is 1. The van der Waals surface area contributed by atoms with E-state index in [1.165, 1.54) is 0 Å². The SMILES string of the molecule is CC(N)=NC(N)=Nc1ccccc1. The summed E-state index contributed by atoms with van der Waals surface area (Å²) in [5, 5.41) is 0. The number of hydrogen-bond acceptors (Lipinski definition) is 1. The number of aliphatic imine (C=N–C) groups is 2. The normalized spacial score (nSPS) is 13.0. The van der Waals surface area contributed by atoms with Crippen LogP contribution in [0, 0.1) is 0 Å². The first-order valence-electron chi connectivity index (χ1n) is 3.88. The molecule has 0 spiro atoms. The molecule has 0 bridgehead atoms. The Morgan fingerprint density at radius 3 is 2.31 bits per heavy atom. The topological polar surface area (TPSA) is 76.8 Å². The lowest BCUT2D eigenvalue weighted by atomic mass is 10.3. The lowest BCUT2D eigenvalue weighted by Crippen LogP contribution is -2.15. The van der Waals surface area contributed by atoms with Crippen molar-refractivity contribution in [1.29, 1.82) is 0 Å². The Balaban J connectivity index is 2.83. The molecule has 0 unspecified atom stereocenters. The monoisotopic (exact) mass is 176 g/mol. The van der Waals surface area contributed by atoms with Crippen molar-refractivity contribution in [2.45, 2.75) is 6.92 Å². The van der Waals surface area contributed by atoms with Gasteiger partial charge in [-0.05, 0) is 19.1 Å². The molecule has 1 aromatic carbocycles. The van der Waals surface area contributed by atoms with Crippen LogP contribution < -0.4 is 11.5 Å². The minimum absolute atomic E-state index is 0.172. The highest BCUT2D eigenvalue weighted by atomic mass is 15.1. The minimum atomic E-state index is 0.172. The van der Waals surface area contributed by atoms with Crippen LogP contribution in [0.4, 0.5) is 5.69 Å². The van der Waals surface area contributed by atoms with Gasteiger partial charge < -0.3 is 11.5 Å². The van der Waals surface area contributed by atoms with Gasteiger partial charge in [-0.3, -0.25) is 0 Å². The number of amidine groups is 1. The number of rotatable bonds is 1. The smallest absolute Gasteiger partial charge is 0.222 e. The second-order valence-corrected chi connectivity index (χ2v) is 2.56. The number of nitrogens with two attached hydrogens (primary N) is 2. The Morgan fingerprint density at radius 1 is 1.15 bits per heavy atom. The molecule has 0 heterocycles. The van der Waals surface area contributed by atoms with Crippen LogP contribution in [-0.2, 0) is 0 Å². The molecule has 68 valence electrons. The van der Waals surface area contributed by atoms with Crippen LogP contribution in [0.1, 0.15) is 6.92 Å². The van der Waals surface area contributed by atoms with E-state index in [0.29, 0.717) is 5.84 Å². The van der Waals surface area contributed by atoms with Gasteiger partial charge in [0, 0.05) is 0 Å². The first-order chi connectivity index (χ1) is 6.18. The van der Waals surface area contributed by atoms with Crippen LogP contribution in [0.3, 0.4) is 0 Å². The highest BCUT2D eigenvalue weighted by Crippen LogP contribution is 2.08. The summed E-state index contributed by atoms with van der Waals surface area (Å²) in [6, 6.07) is 9.35. The molecule has 1 rings (SSSR count). The summed E-state index contributed by atoms with van der Waals surface area (Å²) < 4.78 is 0. The zero-order chi connectivity index (χ0) is 9.68. The third-order valence-electron chi connectivity index (χ3n) is 1.29. The molecular formula is C9H12N4. The van der Waals surface area contributed by atoms with Crippen molar-refractivity contribution in [1.82, 2.24) is 0 Å². The van der Waals surface area contributed by atoms with E-state index in [-0.39, 0.29) is 5.96 Å². The molecule has 0 amide bonds. The van der Waals surface area contributed by atoms with Gasteiger partial charge in [-0.25, -0.2) is 9.98 Å². The van der Waals surface area contributed by atoms with Gasteiger partial charge in [-0.1, -0.05) is 18.2 Å². The molecular weight excluding hydrogens is 164 g/mol. The third kappa shape index (κ3) is 3.37. The third-order valence-corrected chi connectivity index (χ3v) is 1.29. The van der Waals surface area contributed by atoms with E-state index >= 15 is 0 Å². The molecule has 1 aromatic rings.